The molecule has 46 heavy (non-hydrogen) atoms. The van der Waals surface area contributed by atoms with Crippen molar-refractivity contribution in [3.05, 3.63) is 53.3 Å². The van der Waals surface area contributed by atoms with Crippen LogP contribution in [0.4, 0.5) is 8.78 Å². The van der Waals surface area contributed by atoms with Crippen molar-refractivity contribution in [2.24, 2.45) is 0 Å². The number of sulfonamides is 1. The third-order valence-electron chi connectivity index (χ3n) is 11.2. The zero-order chi connectivity index (χ0) is 32.3. The molecule has 3 atom stereocenters. The first-order valence-electron chi connectivity index (χ1n) is 16.8. The number of hydrogen-bond acceptors (Lipinski definition) is 6. The molecule has 7 rings (SSSR count). The molecule has 248 valence electrons. The van der Waals surface area contributed by atoms with Crippen molar-refractivity contribution < 1.29 is 31.5 Å². The van der Waals surface area contributed by atoms with E-state index in [-0.39, 0.29) is 48.8 Å². The quantitative estimate of drug-likeness (QED) is 0.319. The van der Waals surface area contributed by atoms with Gasteiger partial charge in [-0.15, -0.1) is 0 Å². The maximum atomic E-state index is 15.6. The normalized spacial score (nSPS) is 27.9. The highest BCUT2D eigenvalue weighted by molar-refractivity contribution is 7.91. The lowest BCUT2D eigenvalue weighted by Gasteiger charge is -2.38. The minimum absolute atomic E-state index is 0.0431. The molecule has 2 amide bonds. The van der Waals surface area contributed by atoms with Gasteiger partial charge in [0, 0.05) is 36.5 Å². The van der Waals surface area contributed by atoms with Crippen LogP contribution in [0.25, 0.3) is 11.1 Å². The number of carbonyl (C=O) groups is 2. The van der Waals surface area contributed by atoms with Crippen molar-refractivity contribution in [1.29, 1.82) is 0 Å². The zero-order valence-electron chi connectivity index (χ0n) is 26.3. The minimum Gasteiger partial charge on any atom is -0.490 e. The van der Waals surface area contributed by atoms with E-state index < -0.39 is 32.3 Å². The molecule has 3 N–H and O–H groups in total. The summed E-state index contributed by atoms with van der Waals surface area (Å²) in [6, 6.07) is 10.1. The van der Waals surface area contributed by atoms with Crippen molar-refractivity contribution in [1.82, 2.24) is 15.4 Å². The van der Waals surface area contributed by atoms with Crippen LogP contribution in [0.1, 0.15) is 101 Å². The summed E-state index contributed by atoms with van der Waals surface area (Å²) in [5.74, 6) is -0.843. The fourth-order valence-electron chi connectivity index (χ4n) is 7.60. The molecule has 2 aromatic carbocycles. The molecule has 5 fully saturated rings. The molecule has 1 spiro atoms. The third-order valence-corrected chi connectivity index (χ3v) is 13.4. The Balaban J connectivity index is 1.09. The summed E-state index contributed by atoms with van der Waals surface area (Å²) in [6.07, 6.45) is 8.35. The topological polar surface area (TPSA) is 114 Å². The van der Waals surface area contributed by atoms with E-state index in [0.29, 0.717) is 60.1 Å². The van der Waals surface area contributed by atoms with E-state index in [1.165, 1.54) is 6.07 Å². The Morgan fingerprint density at radius 3 is 2.46 bits per heavy atom. The molecule has 11 heteroatoms. The number of amides is 2. The summed E-state index contributed by atoms with van der Waals surface area (Å²) in [6.45, 7) is 1.67. The smallest absolute Gasteiger partial charge is 0.259 e. The maximum absolute atomic E-state index is 15.6. The maximum Gasteiger partial charge on any atom is 0.259 e. The lowest BCUT2D eigenvalue weighted by Crippen LogP contribution is -2.49. The van der Waals surface area contributed by atoms with Gasteiger partial charge in [0.2, 0.25) is 21.6 Å². The largest absolute Gasteiger partial charge is 0.490 e. The van der Waals surface area contributed by atoms with Gasteiger partial charge in [0.1, 0.15) is 17.7 Å². The Hall–Kier alpha value is -3.05. The summed E-state index contributed by atoms with van der Waals surface area (Å²) in [5.41, 5.74) is 0.417. The van der Waals surface area contributed by atoms with E-state index in [1.54, 1.807) is 31.2 Å². The van der Waals surface area contributed by atoms with Crippen LogP contribution >= 0.6 is 0 Å². The van der Waals surface area contributed by atoms with Crippen LogP contribution in [0.2, 0.25) is 0 Å². The number of carbonyl (C=O) groups excluding carboxylic acids is 2. The summed E-state index contributed by atoms with van der Waals surface area (Å²) in [5, 5.41) is 6.19. The van der Waals surface area contributed by atoms with Gasteiger partial charge in [-0.05, 0) is 106 Å². The highest BCUT2D eigenvalue weighted by atomic mass is 32.2. The average Bonchev–Trinajstić information content (AvgIpc) is 3.39. The first kappa shape index (κ1) is 31.5. The first-order chi connectivity index (χ1) is 21.9. The van der Waals surface area contributed by atoms with Crippen LogP contribution in [0.15, 0.2) is 36.4 Å². The van der Waals surface area contributed by atoms with Crippen molar-refractivity contribution in [2.75, 3.05) is 6.54 Å². The zero-order valence-corrected chi connectivity index (χ0v) is 27.1. The Labute approximate surface area is 269 Å². The Kier molecular flexibility index (Phi) is 7.94. The van der Waals surface area contributed by atoms with Crippen molar-refractivity contribution in [3.8, 4) is 16.9 Å². The average molecular weight is 656 g/mol. The van der Waals surface area contributed by atoms with E-state index in [9.17, 15) is 18.0 Å². The van der Waals surface area contributed by atoms with Crippen molar-refractivity contribution in [2.45, 2.75) is 124 Å². The van der Waals surface area contributed by atoms with Gasteiger partial charge >= 0.3 is 0 Å². The standard InChI is InChI=1S/C35H43F2N3O5S/c1-33(15-16-33)46(43,44)40-30(41)18-22-9-12-29(27(17-22)26-7-3-8-28(36)31(26)23-5-2-6-23)45-25-11-10-24(19-25)39-32(42)35(37)20-34(38-21-35)13-4-14-34/h3,7-9,12,17,23-25,38H,2,4-6,10-11,13-16,18-21H2,1H3,(H,39,42)(H,40,41)/t24-,25-,35+/m1/s1. The molecule has 4 aliphatic carbocycles. The fourth-order valence-corrected chi connectivity index (χ4v) is 8.86. The summed E-state index contributed by atoms with van der Waals surface area (Å²) in [7, 11) is -3.77. The molecule has 4 saturated carbocycles. The predicted molar refractivity (Wildman–Crippen MR) is 170 cm³/mol. The van der Waals surface area contributed by atoms with Crippen LogP contribution in [-0.4, -0.2) is 54.9 Å². The summed E-state index contributed by atoms with van der Waals surface area (Å²) < 4.78 is 64.1. The number of benzene rings is 2. The van der Waals surface area contributed by atoms with Gasteiger partial charge in [-0.1, -0.05) is 24.6 Å². The van der Waals surface area contributed by atoms with Crippen LogP contribution < -0.4 is 20.1 Å². The molecule has 0 radical (unpaired) electrons. The molecule has 1 saturated heterocycles. The fraction of sp³-hybridized carbons (Fsp3) is 0.600. The Bertz CT molecular complexity index is 1650. The number of hydrogen-bond donors (Lipinski definition) is 3. The van der Waals surface area contributed by atoms with E-state index >= 15 is 8.78 Å². The minimum atomic E-state index is -3.77. The molecule has 1 heterocycles. The van der Waals surface area contributed by atoms with Crippen molar-refractivity contribution >= 4 is 21.8 Å². The van der Waals surface area contributed by atoms with Crippen LogP contribution in [0.5, 0.6) is 5.75 Å². The third kappa shape index (κ3) is 5.93. The second-order valence-corrected chi connectivity index (χ2v) is 16.9. The number of halogens is 2. The lowest BCUT2D eigenvalue weighted by molar-refractivity contribution is -0.133. The molecule has 0 aromatic heterocycles. The number of ether oxygens (including phenoxy) is 1. The molecule has 8 nitrogen and oxygen atoms in total. The van der Waals surface area contributed by atoms with Gasteiger partial charge in [0.05, 0.1) is 11.2 Å². The van der Waals surface area contributed by atoms with Gasteiger partial charge in [0.25, 0.3) is 5.91 Å². The molecule has 0 unspecified atom stereocenters. The van der Waals surface area contributed by atoms with E-state index in [2.05, 4.69) is 15.4 Å². The molecule has 0 bridgehead atoms. The first-order valence-corrected chi connectivity index (χ1v) is 18.2. The van der Waals surface area contributed by atoms with Crippen molar-refractivity contribution in [3.63, 3.8) is 0 Å². The van der Waals surface area contributed by atoms with Gasteiger partial charge in [-0.25, -0.2) is 17.2 Å². The van der Waals surface area contributed by atoms with Gasteiger partial charge in [0.15, 0.2) is 0 Å². The monoisotopic (exact) mass is 655 g/mol. The van der Waals surface area contributed by atoms with E-state index in [0.717, 1.165) is 38.5 Å². The summed E-state index contributed by atoms with van der Waals surface area (Å²) in [4.78, 5) is 25.9. The summed E-state index contributed by atoms with van der Waals surface area (Å²) >= 11 is 0. The molecule has 5 aliphatic rings. The SMILES string of the molecule is CC1(S(=O)(=O)NC(=O)Cc2ccc(O[C@@H]3CC[C@@H](NC(=O)[C@@]4(F)CNC5(CCC5)C4)C3)c(-c3cccc(F)c3C3CCC3)c2)CC1. The molecular formula is C35H43F2N3O5S. The van der Waals surface area contributed by atoms with Crippen LogP contribution in [0, 0.1) is 5.82 Å². The second-order valence-electron chi connectivity index (χ2n) is 14.7. The Morgan fingerprint density at radius 2 is 1.80 bits per heavy atom. The van der Waals surface area contributed by atoms with Gasteiger partial charge in [-0.3, -0.25) is 14.3 Å². The highest BCUT2D eigenvalue weighted by Crippen LogP contribution is 2.46. The van der Waals surface area contributed by atoms with Crippen LogP contribution in [0.3, 0.4) is 0 Å². The van der Waals surface area contributed by atoms with E-state index in [4.69, 9.17) is 4.74 Å². The van der Waals surface area contributed by atoms with Gasteiger partial charge < -0.3 is 15.4 Å². The number of alkyl halides is 1. The molecule has 1 aliphatic heterocycles. The highest BCUT2D eigenvalue weighted by Gasteiger charge is 2.55. The molecular weight excluding hydrogens is 612 g/mol. The number of nitrogens with one attached hydrogen (secondary N) is 3. The number of rotatable bonds is 10. The van der Waals surface area contributed by atoms with E-state index in [1.807, 2.05) is 6.07 Å². The van der Waals surface area contributed by atoms with Gasteiger partial charge in [-0.2, -0.15) is 0 Å². The lowest BCUT2D eigenvalue weighted by atomic mass is 9.74. The second kappa shape index (κ2) is 11.6. The molecule has 2 aromatic rings. The van der Waals surface area contributed by atoms with Crippen LogP contribution in [-0.2, 0) is 26.0 Å². The Morgan fingerprint density at radius 1 is 1.02 bits per heavy atom. The predicted octanol–water partition coefficient (Wildman–Crippen LogP) is 5.34.